The first-order chi connectivity index (χ1) is 8.97. The maximum absolute atomic E-state index is 11.2. The van der Waals surface area contributed by atoms with Gasteiger partial charge in [0.15, 0.2) is 0 Å². The maximum atomic E-state index is 11.2. The van der Waals surface area contributed by atoms with Gasteiger partial charge in [-0.1, -0.05) is 0 Å². The number of carbonyl (C=O) groups is 2. The molecule has 1 heterocycles. The van der Waals surface area contributed by atoms with E-state index in [0.29, 0.717) is 0 Å². The summed E-state index contributed by atoms with van der Waals surface area (Å²) < 4.78 is 0. The number of urea groups is 1. The third kappa shape index (κ3) is 2.65. The van der Waals surface area contributed by atoms with Crippen LogP contribution in [0.15, 0.2) is 23.3 Å². The summed E-state index contributed by atoms with van der Waals surface area (Å²) in [5.41, 5.74) is -0.150. The summed E-state index contributed by atoms with van der Waals surface area (Å²) >= 11 is 0. The first-order valence-electron chi connectivity index (χ1n) is 5.10. The number of phenolic OH excluding ortho intramolecular Hbond substituents is 1. The summed E-state index contributed by atoms with van der Waals surface area (Å²) in [5.74, 6) is -0.717. The predicted molar refractivity (Wildman–Crippen MR) is 62.6 cm³/mol. The van der Waals surface area contributed by atoms with Gasteiger partial charge in [-0.25, -0.2) is 9.80 Å². The zero-order chi connectivity index (χ0) is 14.0. The van der Waals surface area contributed by atoms with Crippen molar-refractivity contribution in [3.05, 3.63) is 33.9 Å². The van der Waals surface area contributed by atoms with Crippen molar-refractivity contribution >= 4 is 23.8 Å². The average molecular weight is 264 g/mol. The molecule has 0 spiro atoms. The highest BCUT2D eigenvalue weighted by atomic mass is 16.6. The molecule has 1 aromatic carbocycles. The normalized spacial score (nSPS) is 15.1. The van der Waals surface area contributed by atoms with Crippen LogP contribution in [0.2, 0.25) is 0 Å². The molecule has 0 aromatic heterocycles. The zero-order valence-corrected chi connectivity index (χ0v) is 9.44. The zero-order valence-electron chi connectivity index (χ0n) is 9.44. The van der Waals surface area contributed by atoms with Gasteiger partial charge in [0.25, 0.3) is 5.69 Å². The van der Waals surface area contributed by atoms with E-state index < -0.39 is 16.9 Å². The second-order valence-electron chi connectivity index (χ2n) is 3.66. The molecule has 0 bridgehead atoms. The molecule has 1 aliphatic heterocycles. The van der Waals surface area contributed by atoms with Crippen molar-refractivity contribution in [3.63, 3.8) is 0 Å². The Morgan fingerprint density at radius 3 is 2.79 bits per heavy atom. The van der Waals surface area contributed by atoms with Crippen LogP contribution in [0, 0.1) is 10.1 Å². The maximum Gasteiger partial charge on any atom is 0.344 e. The lowest BCUT2D eigenvalue weighted by molar-refractivity contribution is -0.384. The van der Waals surface area contributed by atoms with Gasteiger partial charge in [-0.2, -0.15) is 5.10 Å². The number of hydrazone groups is 1. The van der Waals surface area contributed by atoms with E-state index >= 15 is 0 Å². The number of non-ortho nitro benzene ring substituents is 1. The Morgan fingerprint density at radius 1 is 1.47 bits per heavy atom. The number of phenols is 1. The topological polar surface area (TPSA) is 125 Å². The van der Waals surface area contributed by atoms with Crippen LogP contribution in [-0.4, -0.2) is 39.7 Å². The fourth-order valence-electron chi connectivity index (χ4n) is 1.42. The Kier molecular flexibility index (Phi) is 3.10. The Hall–Kier alpha value is -2.97. The van der Waals surface area contributed by atoms with Crippen LogP contribution < -0.4 is 5.32 Å². The van der Waals surface area contributed by atoms with Gasteiger partial charge in [-0.15, -0.1) is 0 Å². The summed E-state index contributed by atoms with van der Waals surface area (Å²) in [6.45, 7) is -0.231. The molecule has 98 valence electrons. The molecule has 1 aromatic rings. The molecule has 9 heteroatoms. The van der Waals surface area contributed by atoms with Crippen molar-refractivity contribution in [3.8, 4) is 5.75 Å². The van der Waals surface area contributed by atoms with Gasteiger partial charge in [0.2, 0.25) is 5.91 Å². The third-order valence-electron chi connectivity index (χ3n) is 2.33. The first-order valence-corrected chi connectivity index (χ1v) is 5.10. The number of amides is 3. The molecule has 1 aliphatic rings. The van der Waals surface area contributed by atoms with Crippen LogP contribution in [0.1, 0.15) is 5.56 Å². The fourth-order valence-corrected chi connectivity index (χ4v) is 1.42. The highest BCUT2D eigenvalue weighted by Gasteiger charge is 2.26. The van der Waals surface area contributed by atoms with Crippen molar-refractivity contribution in [2.24, 2.45) is 5.10 Å². The SMILES string of the molecule is O=C1CN(N=Cc2cc([N+](=O)[O-])ccc2O)C(=O)N1. The number of imide groups is 1. The van der Waals surface area contributed by atoms with Crippen LogP contribution in [0.25, 0.3) is 0 Å². The smallest absolute Gasteiger partial charge is 0.344 e. The van der Waals surface area contributed by atoms with Crippen LogP contribution in [0.5, 0.6) is 5.75 Å². The van der Waals surface area contributed by atoms with E-state index in [-0.39, 0.29) is 23.5 Å². The lowest BCUT2D eigenvalue weighted by Crippen LogP contribution is -2.24. The molecule has 2 N–H and O–H groups in total. The van der Waals surface area contributed by atoms with E-state index in [1.54, 1.807) is 0 Å². The largest absolute Gasteiger partial charge is 0.507 e. The molecule has 1 fully saturated rings. The van der Waals surface area contributed by atoms with Gasteiger partial charge >= 0.3 is 6.03 Å². The highest BCUT2D eigenvalue weighted by Crippen LogP contribution is 2.21. The number of benzene rings is 1. The van der Waals surface area contributed by atoms with E-state index in [9.17, 15) is 24.8 Å². The standard InChI is InChI=1S/C10H8N4O5/c15-8-2-1-7(14(18)19)3-6(8)4-11-13-5-9(16)12-10(13)17/h1-4,15H,5H2,(H,12,16,17). The van der Waals surface area contributed by atoms with E-state index in [4.69, 9.17) is 0 Å². The number of nitrogens with one attached hydrogen (secondary N) is 1. The minimum atomic E-state index is -0.689. The molecule has 3 amide bonds. The van der Waals surface area contributed by atoms with Crippen LogP contribution in [0.4, 0.5) is 10.5 Å². The first kappa shape index (κ1) is 12.5. The minimum Gasteiger partial charge on any atom is -0.507 e. The van der Waals surface area contributed by atoms with Crippen molar-refractivity contribution < 1.29 is 19.6 Å². The second kappa shape index (κ2) is 4.72. The summed E-state index contributed by atoms with van der Waals surface area (Å²) in [7, 11) is 0. The Bertz CT molecular complexity index is 598. The molecule has 19 heavy (non-hydrogen) atoms. The third-order valence-corrected chi connectivity index (χ3v) is 2.33. The molecule has 1 saturated heterocycles. The van der Waals surface area contributed by atoms with Crippen molar-refractivity contribution in [1.29, 1.82) is 0 Å². The number of nitro benzene ring substituents is 1. The number of nitrogens with zero attached hydrogens (tertiary/aromatic N) is 3. The number of aromatic hydroxyl groups is 1. The van der Waals surface area contributed by atoms with Gasteiger partial charge in [0.1, 0.15) is 12.3 Å². The van der Waals surface area contributed by atoms with Crippen molar-refractivity contribution in [1.82, 2.24) is 10.3 Å². The van der Waals surface area contributed by atoms with Crippen LogP contribution >= 0.6 is 0 Å². The molecule has 0 radical (unpaired) electrons. The van der Waals surface area contributed by atoms with Gasteiger partial charge in [0, 0.05) is 17.7 Å². The van der Waals surface area contributed by atoms with E-state index in [1.165, 1.54) is 0 Å². The molecular weight excluding hydrogens is 256 g/mol. The summed E-state index contributed by atoms with van der Waals surface area (Å²) in [6.07, 6.45) is 1.07. The van der Waals surface area contributed by atoms with Gasteiger partial charge in [-0.05, 0) is 6.07 Å². The van der Waals surface area contributed by atoms with Gasteiger partial charge in [0.05, 0.1) is 11.1 Å². The molecular formula is C10H8N4O5. The lowest BCUT2D eigenvalue weighted by atomic mass is 10.2. The van der Waals surface area contributed by atoms with Crippen LogP contribution in [-0.2, 0) is 4.79 Å². The quantitative estimate of drug-likeness (QED) is 0.349. The molecule has 9 nitrogen and oxygen atoms in total. The molecule has 0 aliphatic carbocycles. The average Bonchev–Trinajstić information content (AvgIpc) is 2.66. The molecule has 0 saturated carbocycles. The molecule has 0 atom stereocenters. The summed E-state index contributed by atoms with van der Waals surface area (Å²) in [6, 6.07) is 2.70. The summed E-state index contributed by atoms with van der Waals surface area (Å²) in [4.78, 5) is 32.0. The van der Waals surface area contributed by atoms with E-state index in [0.717, 1.165) is 29.4 Å². The number of hydrogen-bond donors (Lipinski definition) is 2. The van der Waals surface area contributed by atoms with E-state index in [2.05, 4.69) is 5.10 Å². The Labute approximate surface area is 106 Å². The predicted octanol–water partition coefficient (Wildman–Crippen LogP) is 0.186. The number of carbonyl (C=O) groups excluding carboxylic acids is 2. The van der Waals surface area contributed by atoms with Crippen molar-refractivity contribution in [2.75, 3.05) is 6.54 Å². The minimum absolute atomic E-state index is 0.0707. The van der Waals surface area contributed by atoms with E-state index in [1.807, 2.05) is 5.32 Å². The second-order valence-corrected chi connectivity index (χ2v) is 3.66. The lowest BCUT2D eigenvalue weighted by Gasteiger charge is -2.04. The van der Waals surface area contributed by atoms with Gasteiger partial charge in [-0.3, -0.25) is 20.2 Å². The van der Waals surface area contributed by atoms with Crippen molar-refractivity contribution in [2.45, 2.75) is 0 Å². The highest BCUT2D eigenvalue weighted by molar-refractivity contribution is 6.02. The molecule has 0 unspecified atom stereocenters. The number of hydrogen-bond acceptors (Lipinski definition) is 6. The fraction of sp³-hybridized carbons (Fsp3) is 0.100. The Morgan fingerprint density at radius 2 is 2.21 bits per heavy atom. The molecule has 2 rings (SSSR count). The summed E-state index contributed by atoms with van der Waals surface area (Å²) in [5, 5.41) is 26.6. The van der Waals surface area contributed by atoms with Gasteiger partial charge < -0.3 is 5.11 Å². The van der Waals surface area contributed by atoms with Crippen LogP contribution in [0.3, 0.4) is 0 Å². The Balaban J connectivity index is 2.23. The monoisotopic (exact) mass is 264 g/mol. The number of rotatable bonds is 3. The number of nitro groups is 1.